The van der Waals surface area contributed by atoms with E-state index in [4.69, 9.17) is 15.2 Å². The van der Waals surface area contributed by atoms with E-state index in [0.717, 1.165) is 0 Å². The molecule has 0 aliphatic rings. The standard InChI is InChI=1S/C21H18N4O4/c1-28-15-7-5-6-14(10-15)24-20(26)16-8-3-4-9-17(16)25-12-13(11-22)18(23)19(25)21(27)29-2/h3-10,12H,23H2,1-2H3,(H,24,26). The number of anilines is 2. The highest BCUT2D eigenvalue weighted by molar-refractivity contribution is 6.07. The minimum absolute atomic E-state index is 0.0117. The number of para-hydroxylation sites is 1. The lowest BCUT2D eigenvalue weighted by atomic mass is 10.1. The largest absolute Gasteiger partial charge is 0.497 e. The lowest BCUT2D eigenvalue weighted by molar-refractivity contribution is 0.0592. The third-order valence-corrected chi connectivity index (χ3v) is 4.28. The molecule has 0 bridgehead atoms. The number of carbonyl (C=O) groups is 2. The number of rotatable bonds is 5. The number of aromatic nitrogens is 1. The van der Waals surface area contributed by atoms with E-state index in [9.17, 15) is 14.9 Å². The maximum Gasteiger partial charge on any atom is 0.357 e. The minimum Gasteiger partial charge on any atom is -0.497 e. The second-order valence-corrected chi connectivity index (χ2v) is 5.98. The van der Waals surface area contributed by atoms with Crippen LogP contribution in [0.5, 0.6) is 5.75 Å². The maximum absolute atomic E-state index is 12.9. The van der Waals surface area contributed by atoms with Gasteiger partial charge in [0.15, 0.2) is 5.69 Å². The first kappa shape index (κ1) is 19.5. The summed E-state index contributed by atoms with van der Waals surface area (Å²) >= 11 is 0. The van der Waals surface area contributed by atoms with Crippen LogP contribution < -0.4 is 15.8 Å². The lowest BCUT2D eigenvalue weighted by Gasteiger charge is -2.14. The molecule has 0 fully saturated rings. The zero-order valence-electron chi connectivity index (χ0n) is 15.8. The monoisotopic (exact) mass is 390 g/mol. The lowest BCUT2D eigenvalue weighted by Crippen LogP contribution is -2.17. The number of carbonyl (C=O) groups excluding carboxylic acids is 2. The zero-order valence-corrected chi connectivity index (χ0v) is 15.8. The number of nitrogen functional groups attached to an aromatic ring is 1. The third-order valence-electron chi connectivity index (χ3n) is 4.28. The van der Waals surface area contributed by atoms with E-state index in [0.29, 0.717) is 17.1 Å². The fraction of sp³-hybridized carbons (Fsp3) is 0.0952. The van der Waals surface area contributed by atoms with Crippen LogP contribution in [0.2, 0.25) is 0 Å². The molecule has 1 amide bonds. The van der Waals surface area contributed by atoms with Gasteiger partial charge in [0, 0.05) is 18.0 Å². The van der Waals surface area contributed by atoms with Crippen LogP contribution in [0.1, 0.15) is 26.4 Å². The Bertz CT molecular complexity index is 1130. The number of nitrogens with zero attached hydrogens (tertiary/aromatic N) is 2. The van der Waals surface area contributed by atoms with Crippen molar-refractivity contribution in [1.29, 1.82) is 5.26 Å². The van der Waals surface area contributed by atoms with E-state index >= 15 is 0 Å². The summed E-state index contributed by atoms with van der Waals surface area (Å²) in [5.41, 5.74) is 7.22. The number of nitriles is 1. The van der Waals surface area contributed by atoms with Gasteiger partial charge in [-0.3, -0.25) is 4.79 Å². The molecule has 0 saturated heterocycles. The van der Waals surface area contributed by atoms with Crippen molar-refractivity contribution in [3.8, 4) is 17.5 Å². The van der Waals surface area contributed by atoms with Crippen LogP contribution in [0.25, 0.3) is 5.69 Å². The van der Waals surface area contributed by atoms with Crippen molar-refractivity contribution in [2.24, 2.45) is 0 Å². The van der Waals surface area contributed by atoms with Crippen LogP contribution in [-0.4, -0.2) is 30.7 Å². The van der Waals surface area contributed by atoms with Crippen LogP contribution in [-0.2, 0) is 4.74 Å². The molecule has 0 atom stereocenters. The van der Waals surface area contributed by atoms with E-state index in [-0.39, 0.29) is 22.5 Å². The summed E-state index contributed by atoms with van der Waals surface area (Å²) in [5.74, 6) is -0.525. The molecule has 0 aliphatic carbocycles. The van der Waals surface area contributed by atoms with E-state index in [1.54, 1.807) is 48.5 Å². The number of nitrogens with one attached hydrogen (secondary N) is 1. The van der Waals surface area contributed by atoms with E-state index < -0.39 is 11.9 Å². The highest BCUT2D eigenvalue weighted by Crippen LogP contribution is 2.27. The zero-order chi connectivity index (χ0) is 21.0. The van der Waals surface area contributed by atoms with Gasteiger partial charge in [-0.25, -0.2) is 4.79 Å². The Morgan fingerprint density at radius 3 is 2.59 bits per heavy atom. The number of methoxy groups -OCH3 is 2. The molecule has 29 heavy (non-hydrogen) atoms. The number of ether oxygens (including phenoxy) is 2. The van der Waals surface area contributed by atoms with Gasteiger partial charge in [-0.1, -0.05) is 18.2 Å². The van der Waals surface area contributed by atoms with Crippen molar-refractivity contribution >= 4 is 23.3 Å². The van der Waals surface area contributed by atoms with Gasteiger partial charge in [-0.2, -0.15) is 5.26 Å². The molecule has 146 valence electrons. The SMILES string of the molecule is COC(=O)c1c(N)c(C#N)cn1-c1ccccc1C(=O)Nc1cccc(OC)c1. The predicted molar refractivity (Wildman–Crippen MR) is 107 cm³/mol. The average molecular weight is 390 g/mol. The molecule has 1 aromatic heterocycles. The Hall–Kier alpha value is -4.25. The van der Waals surface area contributed by atoms with Gasteiger partial charge in [0.05, 0.1) is 36.7 Å². The van der Waals surface area contributed by atoms with Gasteiger partial charge >= 0.3 is 5.97 Å². The smallest absolute Gasteiger partial charge is 0.357 e. The first-order valence-electron chi connectivity index (χ1n) is 8.54. The molecule has 8 heteroatoms. The Kier molecular flexibility index (Phi) is 5.51. The van der Waals surface area contributed by atoms with Crippen LogP contribution in [0.3, 0.4) is 0 Å². The molecule has 3 aromatic rings. The number of benzene rings is 2. The summed E-state index contributed by atoms with van der Waals surface area (Å²) in [4.78, 5) is 25.2. The average Bonchev–Trinajstić information content (AvgIpc) is 3.09. The van der Waals surface area contributed by atoms with Gasteiger partial charge in [-0.15, -0.1) is 0 Å². The fourth-order valence-electron chi connectivity index (χ4n) is 2.88. The van der Waals surface area contributed by atoms with Crippen LogP contribution in [0.4, 0.5) is 11.4 Å². The quantitative estimate of drug-likeness (QED) is 0.647. The van der Waals surface area contributed by atoms with Crippen LogP contribution >= 0.6 is 0 Å². The van der Waals surface area contributed by atoms with Crippen molar-refractivity contribution in [1.82, 2.24) is 4.57 Å². The molecular formula is C21H18N4O4. The first-order valence-corrected chi connectivity index (χ1v) is 8.54. The van der Waals surface area contributed by atoms with Crippen molar-refractivity contribution in [2.75, 3.05) is 25.3 Å². The summed E-state index contributed by atoms with van der Waals surface area (Å²) in [6, 6.07) is 15.5. The first-order chi connectivity index (χ1) is 14.0. The van der Waals surface area contributed by atoms with Crippen molar-refractivity contribution < 1.29 is 19.1 Å². The predicted octanol–water partition coefficient (Wildman–Crippen LogP) is 2.98. The van der Waals surface area contributed by atoms with Gasteiger partial charge in [0.25, 0.3) is 5.91 Å². The van der Waals surface area contributed by atoms with Crippen LogP contribution in [0, 0.1) is 11.3 Å². The van der Waals surface area contributed by atoms with Crippen molar-refractivity contribution in [3.05, 3.63) is 71.5 Å². The molecule has 1 heterocycles. The number of hydrogen-bond acceptors (Lipinski definition) is 6. The third kappa shape index (κ3) is 3.75. The number of amides is 1. The summed E-state index contributed by atoms with van der Waals surface area (Å²) in [6.07, 6.45) is 1.40. The number of nitrogens with two attached hydrogens (primary N) is 1. The highest BCUT2D eigenvalue weighted by atomic mass is 16.5. The van der Waals surface area contributed by atoms with Crippen molar-refractivity contribution in [2.45, 2.75) is 0 Å². The van der Waals surface area contributed by atoms with E-state index in [2.05, 4.69) is 5.32 Å². The topological polar surface area (TPSA) is 119 Å². The second-order valence-electron chi connectivity index (χ2n) is 5.98. The van der Waals surface area contributed by atoms with Crippen LogP contribution in [0.15, 0.2) is 54.7 Å². The molecule has 0 saturated carbocycles. The summed E-state index contributed by atoms with van der Waals surface area (Å²) in [5, 5.41) is 12.1. The molecule has 0 aliphatic heterocycles. The normalized spacial score (nSPS) is 10.1. The summed E-state index contributed by atoms with van der Waals surface area (Å²) < 4.78 is 11.4. The Morgan fingerprint density at radius 1 is 1.14 bits per heavy atom. The van der Waals surface area contributed by atoms with E-state index in [1.165, 1.54) is 25.0 Å². The van der Waals surface area contributed by atoms with E-state index in [1.807, 2.05) is 6.07 Å². The van der Waals surface area contributed by atoms with Crippen molar-refractivity contribution in [3.63, 3.8) is 0 Å². The Balaban J connectivity index is 2.07. The molecule has 0 unspecified atom stereocenters. The number of hydrogen-bond donors (Lipinski definition) is 2. The molecule has 3 N–H and O–H groups in total. The molecule has 3 rings (SSSR count). The van der Waals surface area contributed by atoms with Gasteiger partial charge in [0.1, 0.15) is 11.8 Å². The molecule has 0 spiro atoms. The molecular weight excluding hydrogens is 372 g/mol. The summed E-state index contributed by atoms with van der Waals surface area (Å²) in [6.45, 7) is 0. The number of esters is 1. The van der Waals surface area contributed by atoms with Gasteiger partial charge < -0.3 is 25.1 Å². The Morgan fingerprint density at radius 2 is 1.90 bits per heavy atom. The maximum atomic E-state index is 12.9. The molecule has 0 radical (unpaired) electrons. The minimum atomic E-state index is -0.716. The second kappa shape index (κ2) is 8.19. The Labute approximate surface area is 167 Å². The highest BCUT2D eigenvalue weighted by Gasteiger charge is 2.24. The molecule has 2 aromatic carbocycles. The summed E-state index contributed by atoms with van der Waals surface area (Å²) in [7, 11) is 2.75. The van der Waals surface area contributed by atoms with Gasteiger partial charge in [0.2, 0.25) is 0 Å². The molecule has 8 nitrogen and oxygen atoms in total. The fourth-order valence-corrected chi connectivity index (χ4v) is 2.88. The van der Waals surface area contributed by atoms with Gasteiger partial charge in [-0.05, 0) is 24.3 Å².